The molecule has 0 bridgehead atoms. The van der Waals surface area contributed by atoms with Gasteiger partial charge in [0.05, 0.1) is 11.0 Å². The van der Waals surface area contributed by atoms with E-state index in [4.69, 9.17) is 4.84 Å². The summed E-state index contributed by atoms with van der Waals surface area (Å²) in [5.41, 5.74) is 2.69. The molecule has 1 amide bonds. The standard InChI is InChI=1S/C20H32N6O6S/c27-18(16-12-14(32-25-16)6-4-5-9-21-20-22-10-11-23-20)24-13-17(19(28)29)26-33(30,31)15-7-2-1-3-8-15/h1-3,7-8,14,16-17,20-23,25-26H,4-6,9-13H2,(H,24,27)(H,28,29). The molecule has 2 saturated heterocycles. The summed E-state index contributed by atoms with van der Waals surface area (Å²) >= 11 is 0. The highest BCUT2D eigenvalue weighted by atomic mass is 32.2. The lowest BCUT2D eigenvalue weighted by Crippen LogP contribution is -2.51. The van der Waals surface area contributed by atoms with Gasteiger partial charge in [0.25, 0.3) is 0 Å². The van der Waals surface area contributed by atoms with E-state index in [9.17, 15) is 23.1 Å². The van der Waals surface area contributed by atoms with Crippen LogP contribution in [0.4, 0.5) is 0 Å². The lowest BCUT2D eigenvalue weighted by molar-refractivity contribution is -0.139. The topological polar surface area (TPSA) is 170 Å². The number of carboxylic acid groups (broad SMARTS) is 1. The fourth-order valence-corrected chi connectivity index (χ4v) is 4.84. The normalized spacial score (nSPS) is 22.3. The van der Waals surface area contributed by atoms with Crippen LogP contribution in [0.15, 0.2) is 35.2 Å². The van der Waals surface area contributed by atoms with Gasteiger partial charge in [-0.15, -0.1) is 0 Å². The van der Waals surface area contributed by atoms with Crippen molar-refractivity contribution in [3.8, 4) is 0 Å². The number of hydrogen-bond donors (Lipinski definition) is 7. The van der Waals surface area contributed by atoms with Crippen molar-refractivity contribution in [1.29, 1.82) is 0 Å². The highest BCUT2D eigenvalue weighted by Crippen LogP contribution is 2.16. The molecule has 1 aromatic rings. The van der Waals surface area contributed by atoms with E-state index in [1.54, 1.807) is 6.07 Å². The Labute approximate surface area is 193 Å². The van der Waals surface area contributed by atoms with E-state index in [1.807, 2.05) is 0 Å². The van der Waals surface area contributed by atoms with Crippen molar-refractivity contribution in [2.45, 2.75) is 55.1 Å². The van der Waals surface area contributed by atoms with Crippen LogP contribution in [0.25, 0.3) is 0 Å². The summed E-state index contributed by atoms with van der Waals surface area (Å²) in [6.07, 6.45) is 3.20. The molecule has 184 valence electrons. The Morgan fingerprint density at radius 1 is 1.15 bits per heavy atom. The van der Waals surface area contributed by atoms with E-state index in [2.05, 4.69) is 31.5 Å². The number of amides is 1. The van der Waals surface area contributed by atoms with Crippen LogP contribution >= 0.6 is 0 Å². The fraction of sp³-hybridized carbons (Fsp3) is 0.600. The quantitative estimate of drug-likeness (QED) is 0.162. The highest BCUT2D eigenvalue weighted by molar-refractivity contribution is 7.89. The molecule has 3 unspecified atom stereocenters. The summed E-state index contributed by atoms with van der Waals surface area (Å²) in [5.74, 6) is -1.83. The monoisotopic (exact) mass is 484 g/mol. The zero-order chi connectivity index (χ0) is 23.7. The molecule has 2 heterocycles. The number of aliphatic carboxylic acids is 1. The second kappa shape index (κ2) is 12.4. The fourth-order valence-electron chi connectivity index (χ4n) is 3.63. The number of hydroxylamine groups is 1. The third-order valence-corrected chi connectivity index (χ3v) is 6.93. The number of benzene rings is 1. The van der Waals surface area contributed by atoms with Gasteiger partial charge in [-0.05, 0) is 37.9 Å². The molecule has 0 aromatic heterocycles. The summed E-state index contributed by atoms with van der Waals surface area (Å²) in [6, 6.07) is 5.31. The van der Waals surface area contributed by atoms with E-state index in [-0.39, 0.29) is 17.3 Å². The van der Waals surface area contributed by atoms with Gasteiger partial charge in [0.15, 0.2) is 0 Å². The van der Waals surface area contributed by atoms with Crippen LogP contribution in [-0.2, 0) is 24.4 Å². The SMILES string of the molecule is O=C(O)C(CNC(=O)C1CC(CCCCNC2NCCN2)ON1)NS(=O)(=O)c1ccccc1. The Morgan fingerprint density at radius 3 is 2.58 bits per heavy atom. The lowest BCUT2D eigenvalue weighted by atomic mass is 10.1. The molecule has 2 fully saturated rings. The molecule has 0 radical (unpaired) electrons. The van der Waals surface area contributed by atoms with Gasteiger partial charge < -0.3 is 10.4 Å². The number of unbranched alkanes of at least 4 members (excludes halogenated alkanes) is 1. The largest absolute Gasteiger partial charge is 0.480 e. The molecule has 3 atom stereocenters. The van der Waals surface area contributed by atoms with Crippen LogP contribution in [0.5, 0.6) is 0 Å². The van der Waals surface area contributed by atoms with Gasteiger partial charge in [-0.2, -0.15) is 10.2 Å². The van der Waals surface area contributed by atoms with Gasteiger partial charge in [0.2, 0.25) is 15.9 Å². The first-order chi connectivity index (χ1) is 15.8. The number of carbonyl (C=O) groups excluding carboxylic acids is 1. The predicted molar refractivity (Wildman–Crippen MR) is 119 cm³/mol. The average Bonchev–Trinajstić information content (AvgIpc) is 3.49. The molecular weight excluding hydrogens is 452 g/mol. The Hall–Kier alpha value is -2.13. The van der Waals surface area contributed by atoms with Crippen molar-refractivity contribution < 1.29 is 28.0 Å². The predicted octanol–water partition coefficient (Wildman–Crippen LogP) is -1.57. The molecule has 12 nitrogen and oxygen atoms in total. The minimum atomic E-state index is -4.04. The molecule has 1 aromatic carbocycles. The van der Waals surface area contributed by atoms with Gasteiger partial charge in [-0.3, -0.25) is 30.4 Å². The van der Waals surface area contributed by atoms with Crippen LogP contribution < -0.4 is 31.5 Å². The van der Waals surface area contributed by atoms with Crippen molar-refractivity contribution in [2.24, 2.45) is 0 Å². The van der Waals surface area contributed by atoms with Crippen molar-refractivity contribution in [3.63, 3.8) is 0 Å². The van der Waals surface area contributed by atoms with Gasteiger partial charge in [-0.25, -0.2) is 8.42 Å². The maximum atomic E-state index is 12.4. The third kappa shape index (κ3) is 7.99. The number of carboxylic acids is 1. The van der Waals surface area contributed by atoms with Gasteiger partial charge in [-0.1, -0.05) is 18.2 Å². The van der Waals surface area contributed by atoms with Gasteiger partial charge >= 0.3 is 5.97 Å². The van der Waals surface area contributed by atoms with E-state index >= 15 is 0 Å². The summed E-state index contributed by atoms with van der Waals surface area (Å²) in [4.78, 5) is 29.4. The molecule has 2 aliphatic rings. The zero-order valence-electron chi connectivity index (χ0n) is 18.2. The number of carbonyl (C=O) groups is 2. The van der Waals surface area contributed by atoms with Crippen LogP contribution in [0.2, 0.25) is 0 Å². The highest BCUT2D eigenvalue weighted by Gasteiger charge is 2.32. The van der Waals surface area contributed by atoms with Crippen molar-refractivity contribution in [1.82, 2.24) is 31.5 Å². The molecule has 0 aliphatic carbocycles. The first kappa shape index (κ1) is 25.5. The summed E-state index contributed by atoms with van der Waals surface area (Å²) < 4.78 is 26.9. The summed E-state index contributed by atoms with van der Waals surface area (Å²) in [7, 11) is -4.04. The first-order valence-corrected chi connectivity index (χ1v) is 12.5. The van der Waals surface area contributed by atoms with Crippen LogP contribution in [0.3, 0.4) is 0 Å². The molecule has 13 heteroatoms. The number of nitrogens with one attached hydrogen (secondary N) is 6. The molecular formula is C20H32N6O6S. The Morgan fingerprint density at radius 2 is 1.88 bits per heavy atom. The minimum Gasteiger partial charge on any atom is -0.480 e. The summed E-state index contributed by atoms with van der Waals surface area (Å²) in [6.45, 7) is 2.38. The average molecular weight is 485 g/mol. The smallest absolute Gasteiger partial charge is 0.323 e. The second-order valence-corrected chi connectivity index (χ2v) is 9.72. The van der Waals surface area contributed by atoms with E-state index < -0.39 is 40.5 Å². The maximum Gasteiger partial charge on any atom is 0.323 e. The van der Waals surface area contributed by atoms with E-state index in [0.29, 0.717) is 6.42 Å². The van der Waals surface area contributed by atoms with E-state index in [1.165, 1.54) is 24.3 Å². The zero-order valence-corrected chi connectivity index (χ0v) is 19.1. The van der Waals surface area contributed by atoms with Crippen molar-refractivity contribution in [2.75, 3.05) is 26.2 Å². The van der Waals surface area contributed by atoms with Crippen LogP contribution in [-0.4, -0.2) is 76.1 Å². The van der Waals surface area contributed by atoms with Crippen LogP contribution in [0, 0.1) is 0 Å². The molecule has 0 spiro atoms. The third-order valence-electron chi connectivity index (χ3n) is 5.44. The molecule has 3 rings (SSSR count). The van der Waals surface area contributed by atoms with E-state index in [0.717, 1.165) is 38.9 Å². The van der Waals surface area contributed by atoms with Crippen LogP contribution in [0.1, 0.15) is 25.7 Å². The minimum absolute atomic E-state index is 0.0535. The molecule has 7 N–H and O–H groups in total. The lowest BCUT2D eigenvalue weighted by Gasteiger charge is -2.17. The molecule has 33 heavy (non-hydrogen) atoms. The Kier molecular flexibility index (Phi) is 9.55. The number of hydrogen-bond acceptors (Lipinski definition) is 9. The van der Waals surface area contributed by atoms with Gasteiger partial charge in [0, 0.05) is 26.1 Å². The first-order valence-electron chi connectivity index (χ1n) is 11.0. The van der Waals surface area contributed by atoms with Gasteiger partial charge in [0.1, 0.15) is 18.4 Å². The Balaban J connectivity index is 1.36. The molecule has 2 aliphatic heterocycles. The van der Waals surface area contributed by atoms with Crippen molar-refractivity contribution >= 4 is 21.9 Å². The molecule has 0 saturated carbocycles. The Bertz CT molecular complexity index is 880. The number of sulfonamides is 1. The number of rotatable bonds is 13. The summed E-state index contributed by atoms with van der Waals surface area (Å²) in [5, 5.41) is 21.8. The second-order valence-electron chi connectivity index (χ2n) is 8.01. The van der Waals surface area contributed by atoms with Crippen molar-refractivity contribution in [3.05, 3.63) is 30.3 Å². The maximum absolute atomic E-state index is 12.4.